The Morgan fingerprint density at radius 3 is 2.45 bits per heavy atom. The number of hydrazone groups is 1. The van der Waals surface area contributed by atoms with Crippen LogP contribution in [0.1, 0.15) is 27.0 Å². The largest absolute Gasteiger partial charge is 0.493 e. The van der Waals surface area contributed by atoms with Crippen LogP contribution < -0.4 is 14.9 Å². The zero-order valence-corrected chi connectivity index (χ0v) is 16.2. The molecule has 6 heteroatoms. The van der Waals surface area contributed by atoms with Crippen LogP contribution in [0.5, 0.6) is 11.5 Å². The van der Waals surface area contributed by atoms with Crippen molar-refractivity contribution in [3.05, 3.63) is 94.8 Å². The molecule has 1 amide bonds. The summed E-state index contributed by atoms with van der Waals surface area (Å²) in [6, 6.07) is 18.7. The van der Waals surface area contributed by atoms with Crippen LogP contribution in [0.3, 0.4) is 0 Å². The van der Waals surface area contributed by atoms with Crippen LogP contribution in [0.15, 0.2) is 71.8 Å². The highest BCUT2D eigenvalue weighted by Gasteiger charge is 2.07. The predicted molar refractivity (Wildman–Crippen MR) is 110 cm³/mol. The zero-order valence-electron chi connectivity index (χ0n) is 16.2. The van der Waals surface area contributed by atoms with Gasteiger partial charge in [0.1, 0.15) is 12.4 Å². The molecule has 3 aromatic carbocycles. The number of ether oxygens (including phenoxy) is 2. The number of carbonyl (C=O) groups excluding carboxylic acids is 1. The minimum atomic E-state index is -0.425. The molecule has 0 aliphatic rings. The van der Waals surface area contributed by atoms with E-state index in [0.29, 0.717) is 23.7 Å². The Morgan fingerprint density at radius 2 is 1.76 bits per heavy atom. The molecular formula is C23H21FN2O3. The summed E-state index contributed by atoms with van der Waals surface area (Å²) in [5, 5.41) is 3.93. The summed E-state index contributed by atoms with van der Waals surface area (Å²) < 4.78 is 24.2. The Morgan fingerprint density at radius 1 is 1.03 bits per heavy atom. The summed E-state index contributed by atoms with van der Waals surface area (Å²) in [5.41, 5.74) is 5.71. The van der Waals surface area contributed by atoms with Gasteiger partial charge in [0.2, 0.25) is 0 Å². The highest BCUT2D eigenvalue weighted by Crippen LogP contribution is 2.28. The third-order valence-corrected chi connectivity index (χ3v) is 4.19. The second-order valence-corrected chi connectivity index (χ2v) is 6.39. The van der Waals surface area contributed by atoms with E-state index in [1.807, 2.05) is 31.2 Å². The molecule has 0 heterocycles. The Hall–Kier alpha value is -3.67. The maximum Gasteiger partial charge on any atom is 0.271 e. The van der Waals surface area contributed by atoms with E-state index in [-0.39, 0.29) is 0 Å². The van der Waals surface area contributed by atoms with Gasteiger partial charge in [0.05, 0.1) is 13.3 Å². The van der Waals surface area contributed by atoms with Crippen molar-refractivity contribution >= 4 is 12.1 Å². The second kappa shape index (κ2) is 9.50. The van der Waals surface area contributed by atoms with E-state index in [4.69, 9.17) is 9.47 Å². The third kappa shape index (κ3) is 5.65. The van der Waals surface area contributed by atoms with Crippen LogP contribution in [-0.2, 0) is 6.61 Å². The van der Waals surface area contributed by atoms with Crippen molar-refractivity contribution in [1.29, 1.82) is 0 Å². The van der Waals surface area contributed by atoms with Crippen LogP contribution in [0.25, 0.3) is 0 Å². The van der Waals surface area contributed by atoms with Gasteiger partial charge in [-0.2, -0.15) is 5.10 Å². The van der Waals surface area contributed by atoms with Crippen LogP contribution in [0, 0.1) is 12.7 Å². The van der Waals surface area contributed by atoms with Gasteiger partial charge < -0.3 is 9.47 Å². The third-order valence-electron chi connectivity index (χ3n) is 4.19. The van der Waals surface area contributed by atoms with Crippen molar-refractivity contribution in [3.8, 4) is 11.5 Å². The lowest BCUT2D eigenvalue weighted by atomic mass is 10.2. The number of nitrogens with one attached hydrogen (secondary N) is 1. The molecule has 1 N–H and O–H groups in total. The van der Waals surface area contributed by atoms with Crippen molar-refractivity contribution in [3.63, 3.8) is 0 Å². The molecule has 0 unspecified atom stereocenters. The standard InChI is InChI=1S/C23H21FN2O3/c1-16-3-5-17(6-4-16)15-29-21-12-7-18(13-22(21)28-2)14-25-26-23(27)19-8-10-20(24)11-9-19/h3-14H,15H2,1-2H3,(H,26,27)/b25-14-. The number of hydrogen-bond donors (Lipinski definition) is 1. The van der Waals surface area contributed by atoms with Gasteiger partial charge in [-0.15, -0.1) is 0 Å². The Bertz CT molecular complexity index is 1000. The first kappa shape index (κ1) is 20.1. The van der Waals surface area contributed by atoms with Crippen molar-refractivity contribution in [1.82, 2.24) is 5.43 Å². The van der Waals surface area contributed by atoms with Gasteiger partial charge in [-0.25, -0.2) is 9.82 Å². The number of nitrogens with zero attached hydrogens (tertiary/aromatic N) is 1. The smallest absolute Gasteiger partial charge is 0.271 e. The molecule has 0 aliphatic heterocycles. The fourth-order valence-electron chi connectivity index (χ4n) is 2.56. The number of hydrogen-bond acceptors (Lipinski definition) is 4. The van der Waals surface area contributed by atoms with Crippen molar-refractivity contribution < 1.29 is 18.7 Å². The van der Waals surface area contributed by atoms with E-state index < -0.39 is 11.7 Å². The molecule has 0 aliphatic carbocycles. The molecule has 0 bridgehead atoms. The Labute approximate surface area is 168 Å². The normalized spacial score (nSPS) is 10.7. The fraction of sp³-hybridized carbons (Fsp3) is 0.130. The summed E-state index contributed by atoms with van der Waals surface area (Å²) in [5.74, 6) is 0.347. The summed E-state index contributed by atoms with van der Waals surface area (Å²) in [6.07, 6.45) is 1.49. The summed E-state index contributed by atoms with van der Waals surface area (Å²) >= 11 is 0. The number of methoxy groups -OCH3 is 1. The lowest BCUT2D eigenvalue weighted by Crippen LogP contribution is -2.17. The quantitative estimate of drug-likeness (QED) is 0.476. The SMILES string of the molecule is COc1cc(/C=N\NC(=O)c2ccc(F)cc2)ccc1OCc1ccc(C)cc1. The Balaban J connectivity index is 1.61. The first-order valence-electron chi connectivity index (χ1n) is 9.00. The van der Waals surface area contributed by atoms with Gasteiger partial charge in [-0.3, -0.25) is 4.79 Å². The van der Waals surface area contributed by atoms with E-state index in [0.717, 1.165) is 11.1 Å². The molecule has 3 aromatic rings. The van der Waals surface area contributed by atoms with Crippen LogP contribution in [0.2, 0.25) is 0 Å². The molecule has 0 spiro atoms. The first-order valence-corrected chi connectivity index (χ1v) is 9.00. The number of amides is 1. The van der Waals surface area contributed by atoms with E-state index in [2.05, 4.69) is 10.5 Å². The number of benzene rings is 3. The maximum absolute atomic E-state index is 12.9. The van der Waals surface area contributed by atoms with E-state index in [9.17, 15) is 9.18 Å². The average Bonchev–Trinajstić information content (AvgIpc) is 2.74. The van der Waals surface area contributed by atoms with Gasteiger partial charge in [0, 0.05) is 5.56 Å². The number of aryl methyl sites for hydroxylation is 1. The topological polar surface area (TPSA) is 59.9 Å². The van der Waals surface area contributed by atoms with Crippen molar-refractivity contribution in [2.24, 2.45) is 5.10 Å². The lowest BCUT2D eigenvalue weighted by molar-refractivity contribution is 0.0955. The lowest BCUT2D eigenvalue weighted by Gasteiger charge is -2.11. The minimum absolute atomic E-state index is 0.320. The minimum Gasteiger partial charge on any atom is -0.493 e. The molecule has 0 fully saturated rings. The highest BCUT2D eigenvalue weighted by molar-refractivity contribution is 5.94. The van der Waals surface area contributed by atoms with E-state index in [1.54, 1.807) is 25.3 Å². The van der Waals surface area contributed by atoms with Gasteiger partial charge in [0.15, 0.2) is 11.5 Å². The molecule has 0 aromatic heterocycles. The van der Waals surface area contributed by atoms with Gasteiger partial charge >= 0.3 is 0 Å². The van der Waals surface area contributed by atoms with Gasteiger partial charge in [-0.1, -0.05) is 29.8 Å². The van der Waals surface area contributed by atoms with Crippen LogP contribution >= 0.6 is 0 Å². The first-order chi connectivity index (χ1) is 14.0. The molecule has 0 radical (unpaired) electrons. The van der Waals surface area contributed by atoms with Gasteiger partial charge in [0.25, 0.3) is 5.91 Å². The number of rotatable bonds is 7. The maximum atomic E-state index is 12.9. The fourth-order valence-corrected chi connectivity index (χ4v) is 2.56. The molecule has 0 saturated carbocycles. The van der Waals surface area contributed by atoms with E-state index >= 15 is 0 Å². The zero-order chi connectivity index (χ0) is 20.6. The van der Waals surface area contributed by atoms with Crippen molar-refractivity contribution in [2.75, 3.05) is 7.11 Å². The average molecular weight is 392 g/mol. The molecule has 0 atom stereocenters. The van der Waals surface area contributed by atoms with Gasteiger partial charge in [-0.05, 0) is 60.5 Å². The van der Waals surface area contributed by atoms with E-state index in [1.165, 1.54) is 36.0 Å². The Kier molecular flexibility index (Phi) is 6.58. The number of carbonyl (C=O) groups is 1. The molecule has 148 valence electrons. The highest BCUT2D eigenvalue weighted by atomic mass is 19.1. The number of halogens is 1. The summed E-state index contributed by atoms with van der Waals surface area (Å²) in [4.78, 5) is 12.0. The van der Waals surface area contributed by atoms with Crippen LogP contribution in [-0.4, -0.2) is 19.2 Å². The summed E-state index contributed by atoms with van der Waals surface area (Å²) in [7, 11) is 1.56. The molecule has 29 heavy (non-hydrogen) atoms. The second-order valence-electron chi connectivity index (χ2n) is 6.39. The van der Waals surface area contributed by atoms with Crippen LogP contribution in [0.4, 0.5) is 4.39 Å². The predicted octanol–water partition coefficient (Wildman–Crippen LogP) is 4.49. The molecule has 0 saturated heterocycles. The molecule has 5 nitrogen and oxygen atoms in total. The molecular weight excluding hydrogens is 371 g/mol. The monoisotopic (exact) mass is 392 g/mol. The van der Waals surface area contributed by atoms with Crippen molar-refractivity contribution in [2.45, 2.75) is 13.5 Å². The molecule has 3 rings (SSSR count). The summed E-state index contributed by atoms with van der Waals surface area (Å²) in [6.45, 7) is 2.47.